The zero-order valence-corrected chi connectivity index (χ0v) is 22.2. The lowest BCUT2D eigenvalue weighted by atomic mass is 10.2. The van der Waals surface area contributed by atoms with Crippen molar-refractivity contribution in [1.29, 1.82) is 0 Å². The number of amides is 1. The second-order valence-corrected chi connectivity index (χ2v) is 12.6. The van der Waals surface area contributed by atoms with Crippen molar-refractivity contribution >= 4 is 43.2 Å². The van der Waals surface area contributed by atoms with E-state index in [4.69, 9.17) is 11.6 Å². The van der Waals surface area contributed by atoms with Crippen LogP contribution in [0.5, 0.6) is 0 Å². The highest BCUT2D eigenvalue weighted by molar-refractivity contribution is 7.92. The Morgan fingerprint density at radius 3 is 2.14 bits per heavy atom. The minimum atomic E-state index is -4.06. The fourth-order valence-corrected chi connectivity index (χ4v) is 6.98. The van der Waals surface area contributed by atoms with Crippen LogP contribution in [0.25, 0.3) is 0 Å². The predicted octanol–water partition coefficient (Wildman–Crippen LogP) is 3.90. The minimum absolute atomic E-state index is 0.0124. The summed E-state index contributed by atoms with van der Waals surface area (Å²) in [5.74, 6) is -0.397. The maximum absolute atomic E-state index is 13.2. The van der Waals surface area contributed by atoms with Crippen LogP contribution in [-0.4, -0.2) is 58.1 Å². The number of aryl methyl sites for hydroxylation is 2. The molecule has 0 aliphatic carbocycles. The van der Waals surface area contributed by atoms with Crippen LogP contribution in [0, 0.1) is 13.8 Å². The van der Waals surface area contributed by atoms with E-state index in [0.717, 1.165) is 11.1 Å². The smallest absolute Gasteiger partial charge is 0.263 e. The molecule has 36 heavy (non-hydrogen) atoms. The highest BCUT2D eigenvalue weighted by atomic mass is 35.5. The van der Waals surface area contributed by atoms with Gasteiger partial charge in [0, 0.05) is 31.7 Å². The monoisotopic (exact) mass is 547 g/mol. The van der Waals surface area contributed by atoms with Crippen LogP contribution < -0.4 is 4.72 Å². The second kappa shape index (κ2) is 10.2. The van der Waals surface area contributed by atoms with Crippen LogP contribution in [0.3, 0.4) is 0 Å². The van der Waals surface area contributed by atoms with Crippen molar-refractivity contribution in [2.45, 2.75) is 23.6 Å². The van der Waals surface area contributed by atoms with E-state index in [-0.39, 0.29) is 46.6 Å². The molecule has 1 N–H and O–H groups in total. The first-order valence-electron chi connectivity index (χ1n) is 11.2. The first kappa shape index (κ1) is 26.2. The predicted molar refractivity (Wildman–Crippen MR) is 139 cm³/mol. The van der Waals surface area contributed by atoms with E-state index in [9.17, 15) is 21.6 Å². The maximum Gasteiger partial charge on any atom is 0.263 e. The topological polar surface area (TPSA) is 104 Å². The molecule has 1 aliphatic rings. The number of nitrogens with zero attached hydrogens (tertiary/aromatic N) is 2. The molecule has 1 saturated heterocycles. The first-order chi connectivity index (χ1) is 17.0. The number of halogens is 1. The van der Waals surface area contributed by atoms with E-state index in [1.165, 1.54) is 27.4 Å². The average molecular weight is 548 g/mol. The minimum Gasteiger partial charge on any atom is -0.336 e. The summed E-state index contributed by atoms with van der Waals surface area (Å²) in [5, 5.41) is -0.0124. The fraction of sp³-hybridized carbons (Fsp3) is 0.240. The molecule has 3 aromatic rings. The van der Waals surface area contributed by atoms with Crippen LogP contribution in [-0.2, 0) is 20.0 Å². The SMILES string of the molecule is Cc1ccc(S(=O)(=O)N2CCN(C(=O)c3ccc(Cl)c(S(=O)(=O)Nc4ccccc4C)c3)CC2)cc1. The van der Waals surface area contributed by atoms with Gasteiger partial charge in [-0.1, -0.05) is 47.5 Å². The lowest BCUT2D eigenvalue weighted by Crippen LogP contribution is -2.50. The number of para-hydroxylation sites is 1. The van der Waals surface area contributed by atoms with Crippen LogP contribution in [0.15, 0.2) is 76.5 Å². The van der Waals surface area contributed by atoms with E-state index in [0.29, 0.717) is 5.69 Å². The van der Waals surface area contributed by atoms with Gasteiger partial charge >= 0.3 is 0 Å². The molecule has 1 amide bonds. The van der Waals surface area contributed by atoms with Crippen LogP contribution in [0.4, 0.5) is 5.69 Å². The third kappa shape index (κ3) is 5.41. The molecule has 0 atom stereocenters. The Morgan fingerprint density at radius 2 is 1.50 bits per heavy atom. The highest BCUT2D eigenvalue weighted by Crippen LogP contribution is 2.27. The largest absolute Gasteiger partial charge is 0.336 e. The molecule has 0 unspecified atom stereocenters. The molecule has 1 fully saturated rings. The number of benzene rings is 3. The van der Waals surface area contributed by atoms with Crippen LogP contribution >= 0.6 is 11.6 Å². The third-order valence-corrected chi connectivity index (χ3v) is 9.80. The summed E-state index contributed by atoms with van der Waals surface area (Å²) in [6.45, 7) is 4.28. The molecule has 0 saturated carbocycles. The van der Waals surface area contributed by atoms with E-state index in [1.54, 1.807) is 55.5 Å². The molecule has 11 heteroatoms. The Bertz CT molecular complexity index is 1500. The van der Waals surface area contributed by atoms with Gasteiger partial charge in [0.15, 0.2) is 0 Å². The lowest BCUT2D eigenvalue weighted by Gasteiger charge is -2.34. The van der Waals surface area contributed by atoms with Crippen molar-refractivity contribution < 1.29 is 21.6 Å². The van der Waals surface area contributed by atoms with Gasteiger partial charge < -0.3 is 4.90 Å². The van der Waals surface area contributed by atoms with E-state index >= 15 is 0 Å². The Kier molecular flexibility index (Phi) is 7.42. The molecule has 0 aromatic heterocycles. The molecule has 190 valence electrons. The van der Waals surface area contributed by atoms with Crippen molar-refractivity contribution in [3.8, 4) is 0 Å². The number of hydrogen-bond donors (Lipinski definition) is 1. The summed E-state index contributed by atoms with van der Waals surface area (Å²) in [4.78, 5) is 14.7. The van der Waals surface area contributed by atoms with Gasteiger partial charge in [-0.05, 0) is 55.8 Å². The van der Waals surface area contributed by atoms with Gasteiger partial charge in [0.2, 0.25) is 10.0 Å². The molecule has 3 aromatic carbocycles. The Morgan fingerprint density at radius 1 is 0.861 bits per heavy atom. The molecular formula is C25H26ClN3O5S2. The van der Waals surface area contributed by atoms with Gasteiger partial charge in [-0.3, -0.25) is 9.52 Å². The van der Waals surface area contributed by atoms with Crippen LogP contribution in [0.2, 0.25) is 5.02 Å². The van der Waals surface area contributed by atoms with Gasteiger partial charge in [0.1, 0.15) is 4.90 Å². The molecule has 0 bridgehead atoms. The van der Waals surface area contributed by atoms with Crippen molar-refractivity contribution in [2.75, 3.05) is 30.9 Å². The van der Waals surface area contributed by atoms with E-state index in [2.05, 4.69) is 4.72 Å². The zero-order valence-electron chi connectivity index (χ0n) is 19.8. The number of carbonyl (C=O) groups is 1. The van der Waals surface area contributed by atoms with Crippen molar-refractivity contribution in [2.24, 2.45) is 0 Å². The molecule has 0 radical (unpaired) electrons. The Balaban J connectivity index is 1.49. The molecular weight excluding hydrogens is 522 g/mol. The molecule has 1 heterocycles. The standard InChI is InChI=1S/C25H26ClN3O5S2/c1-18-7-10-21(11-8-18)36(33,34)29-15-13-28(14-16-29)25(30)20-9-12-22(26)24(17-20)35(31,32)27-23-6-4-3-5-19(23)2/h3-12,17,27H,13-16H2,1-2H3. The number of rotatable bonds is 6. The molecule has 8 nitrogen and oxygen atoms in total. The summed E-state index contributed by atoms with van der Waals surface area (Å²) in [7, 11) is -7.72. The second-order valence-electron chi connectivity index (χ2n) is 8.57. The van der Waals surface area contributed by atoms with Crippen molar-refractivity contribution in [1.82, 2.24) is 9.21 Å². The summed E-state index contributed by atoms with van der Waals surface area (Å²) >= 11 is 6.20. The highest BCUT2D eigenvalue weighted by Gasteiger charge is 2.31. The van der Waals surface area contributed by atoms with Gasteiger partial charge in [-0.2, -0.15) is 4.31 Å². The Labute approximate surface area is 216 Å². The summed E-state index contributed by atoms with van der Waals surface area (Å²) < 4.78 is 55.8. The molecule has 4 rings (SSSR count). The van der Waals surface area contributed by atoms with Crippen LogP contribution in [0.1, 0.15) is 21.5 Å². The maximum atomic E-state index is 13.2. The summed E-state index contributed by atoms with van der Waals surface area (Å²) in [5.41, 5.74) is 2.27. The van der Waals surface area contributed by atoms with E-state index < -0.39 is 26.0 Å². The normalized spacial score (nSPS) is 15.0. The number of sulfonamides is 2. The molecule has 1 aliphatic heterocycles. The van der Waals surface area contributed by atoms with Crippen molar-refractivity contribution in [3.63, 3.8) is 0 Å². The van der Waals surface area contributed by atoms with Gasteiger partial charge in [-0.25, -0.2) is 16.8 Å². The first-order valence-corrected chi connectivity index (χ1v) is 14.5. The number of carbonyl (C=O) groups excluding carboxylic acids is 1. The zero-order chi connectivity index (χ0) is 26.1. The van der Waals surface area contributed by atoms with Gasteiger partial charge in [0.25, 0.3) is 15.9 Å². The number of nitrogens with one attached hydrogen (secondary N) is 1. The van der Waals surface area contributed by atoms with Gasteiger partial charge in [-0.15, -0.1) is 0 Å². The average Bonchev–Trinajstić information content (AvgIpc) is 2.85. The number of anilines is 1. The third-order valence-electron chi connectivity index (χ3n) is 6.04. The lowest BCUT2D eigenvalue weighted by molar-refractivity contribution is 0.0697. The Hall–Kier alpha value is -2.92. The fourth-order valence-electron chi connectivity index (χ4n) is 3.90. The van der Waals surface area contributed by atoms with E-state index in [1.807, 2.05) is 6.92 Å². The number of piperazine rings is 1. The van der Waals surface area contributed by atoms with Gasteiger partial charge in [0.05, 0.1) is 15.6 Å². The quantitative estimate of drug-likeness (QED) is 0.504. The summed E-state index contributed by atoms with van der Waals surface area (Å²) in [6, 6.07) is 17.6. The number of hydrogen-bond acceptors (Lipinski definition) is 5. The van der Waals surface area contributed by atoms with Crippen molar-refractivity contribution in [3.05, 3.63) is 88.4 Å². The summed E-state index contributed by atoms with van der Waals surface area (Å²) in [6.07, 6.45) is 0. The molecule has 0 spiro atoms.